The van der Waals surface area contributed by atoms with Crippen LogP contribution in [0, 0.1) is 19.7 Å². The second-order valence-electron chi connectivity index (χ2n) is 5.36. The van der Waals surface area contributed by atoms with Crippen molar-refractivity contribution in [2.45, 2.75) is 25.7 Å². The van der Waals surface area contributed by atoms with Gasteiger partial charge < -0.3 is 5.32 Å². The Balaban J connectivity index is 1.98. The van der Waals surface area contributed by atoms with Crippen molar-refractivity contribution in [1.29, 1.82) is 0 Å². The number of hydrogen-bond donors (Lipinski definition) is 1. The van der Waals surface area contributed by atoms with Gasteiger partial charge in [0.05, 0.1) is 5.75 Å². The van der Waals surface area contributed by atoms with Gasteiger partial charge in [-0.15, -0.1) is 11.8 Å². The molecule has 0 aliphatic rings. The molecule has 23 heavy (non-hydrogen) atoms. The summed E-state index contributed by atoms with van der Waals surface area (Å²) in [6.07, 6.45) is 0. The molecule has 0 heterocycles. The highest BCUT2D eigenvalue weighted by Gasteiger charge is 2.10. The van der Waals surface area contributed by atoms with Gasteiger partial charge in [0.15, 0.2) is 5.78 Å². The first-order valence-corrected chi connectivity index (χ1v) is 8.16. The summed E-state index contributed by atoms with van der Waals surface area (Å²) in [6, 6.07) is 10.1. The van der Waals surface area contributed by atoms with Crippen molar-refractivity contribution in [3.63, 3.8) is 0 Å². The molecule has 0 saturated carbocycles. The lowest BCUT2D eigenvalue weighted by molar-refractivity contribution is -0.113. The smallest absolute Gasteiger partial charge is 0.234 e. The van der Waals surface area contributed by atoms with Crippen LogP contribution < -0.4 is 5.32 Å². The van der Waals surface area contributed by atoms with Gasteiger partial charge in [-0.25, -0.2) is 4.39 Å². The lowest BCUT2D eigenvalue weighted by Gasteiger charge is -2.09. The molecule has 0 atom stereocenters. The summed E-state index contributed by atoms with van der Waals surface area (Å²) in [5, 5.41) is 2.82. The van der Waals surface area contributed by atoms with Crippen molar-refractivity contribution in [3.8, 4) is 0 Å². The minimum atomic E-state index is -0.484. The Hall–Kier alpha value is -2.14. The fraction of sp³-hybridized carbons (Fsp3) is 0.222. The first-order valence-electron chi connectivity index (χ1n) is 7.17. The van der Waals surface area contributed by atoms with Crippen LogP contribution in [-0.2, 0) is 4.79 Å². The summed E-state index contributed by atoms with van der Waals surface area (Å²) in [4.78, 5) is 23.5. The molecule has 1 N–H and O–H groups in total. The summed E-state index contributed by atoms with van der Waals surface area (Å²) < 4.78 is 13.9. The second-order valence-corrected chi connectivity index (χ2v) is 6.37. The molecule has 0 bridgehead atoms. The number of amides is 1. The van der Waals surface area contributed by atoms with Gasteiger partial charge >= 0.3 is 0 Å². The van der Waals surface area contributed by atoms with Gasteiger partial charge in [-0.05, 0) is 44.5 Å². The van der Waals surface area contributed by atoms with E-state index >= 15 is 0 Å². The van der Waals surface area contributed by atoms with Gasteiger partial charge in [0, 0.05) is 16.1 Å². The topological polar surface area (TPSA) is 46.2 Å². The van der Waals surface area contributed by atoms with Crippen LogP contribution in [0.25, 0.3) is 0 Å². The van der Waals surface area contributed by atoms with Gasteiger partial charge in [0.2, 0.25) is 5.91 Å². The second kappa shape index (κ2) is 7.42. The molecule has 2 aromatic carbocycles. The van der Waals surface area contributed by atoms with Gasteiger partial charge in [-0.2, -0.15) is 0 Å². The van der Waals surface area contributed by atoms with Crippen LogP contribution in [0.2, 0.25) is 0 Å². The number of Topliss-reactive ketones (excluding diaryl/α,β-unsaturated/α-hetero) is 1. The number of nitrogens with one attached hydrogen (secondary N) is 1. The Morgan fingerprint density at radius 3 is 2.48 bits per heavy atom. The Morgan fingerprint density at radius 1 is 1.13 bits per heavy atom. The maximum absolute atomic E-state index is 13.9. The highest BCUT2D eigenvalue weighted by molar-refractivity contribution is 8.00. The van der Waals surface area contributed by atoms with Gasteiger partial charge in [-0.3, -0.25) is 9.59 Å². The van der Waals surface area contributed by atoms with Crippen molar-refractivity contribution in [2.24, 2.45) is 0 Å². The summed E-state index contributed by atoms with van der Waals surface area (Å²) in [6.45, 7) is 5.30. The molecule has 5 heteroatoms. The molecule has 1 amide bonds. The quantitative estimate of drug-likeness (QED) is 0.653. The summed E-state index contributed by atoms with van der Waals surface area (Å²) >= 11 is 1.11. The standard InChI is InChI=1S/C18H18FNO2S/c1-11-4-6-16(12(2)8-11)20-18(22)10-23-17-7-5-14(13(3)21)9-15(17)19/h4-9H,10H2,1-3H3,(H,20,22). The summed E-state index contributed by atoms with van der Waals surface area (Å²) in [5.41, 5.74) is 3.20. The largest absolute Gasteiger partial charge is 0.325 e. The number of carbonyl (C=O) groups is 2. The molecule has 3 nitrogen and oxygen atoms in total. The van der Waals surface area contributed by atoms with E-state index in [9.17, 15) is 14.0 Å². The molecule has 0 spiro atoms. The molecule has 0 aliphatic heterocycles. The maximum atomic E-state index is 13.9. The number of ketones is 1. The van der Waals surface area contributed by atoms with Crippen molar-refractivity contribution in [2.75, 3.05) is 11.1 Å². The maximum Gasteiger partial charge on any atom is 0.234 e. The Morgan fingerprint density at radius 2 is 1.87 bits per heavy atom. The zero-order valence-electron chi connectivity index (χ0n) is 13.3. The lowest BCUT2D eigenvalue weighted by atomic mass is 10.1. The number of hydrogen-bond acceptors (Lipinski definition) is 3. The van der Waals surface area contributed by atoms with E-state index in [1.165, 1.54) is 19.1 Å². The summed E-state index contributed by atoms with van der Waals surface area (Å²) in [5.74, 6) is -0.768. The van der Waals surface area contributed by atoms with E-state index in [1.807, 2.05) is 32.0 Å². The lowest BCUT2D eigenvalue weighted by Crippen LogP contribution is -2.15. The molecule has 120 valence electrons. The first-order chi connectivity index (χ1) is 10.9. The SMILES string of the molecule is CC(=O)c1ccc(SCC(=O)Nc2ccc(C)cc2C)c(F)c1. The minimum absolute atomic E-state index is 0.101. The number of thioether (sulfide) groups is 1. The first kappa shape index (κ1) is 17.2. The molecule has 0 radical (unpaired) electrons. The van der Waals surface area contributed by atoms with Crippen molar-refractivity contribution < 1.29 is 14.0 Å². The molecular formula is C18H18FNO2S. The third kappa shape index (κ3) is 4.66. The van der Waals surface area contributed by atoms with E-state index in [-0.39, 0.29) is 17.4 Å². The van der Waals surface area contributed by atoms with E-state index in [2.05, 4.69) is 5.32 Å². The van der Waals surface area contributed by atoms with E-state index in [1.54, 1.807) is 6.07 Å². The van der Waals surface area contributed by atoms with Crippen LogP contribution in [0.15, 0.2) is 41.3 Å². The van der Waals surface area contributed by atoms with Crippen LogP contribution in [0.1, 0.15) is 28.4 Å². The Bertz CT molecular complexity index is 759. The average molecular weight is 331 g/mol. The number of halogens is 1. The molecular weight excluding hydrogens is 313 g/mol. The number of rotatable bonds is 5. The van der Waals surface area contributed by atoms with E-state index in [0.29, 0.717) is 10.5 Å². The molecule has 0 aromatic heterocycles. The molecule has 2 rings (SSSR count). The van der Waals surface area contributed by atoms with E-state index in [0.717, 1.165) is 28.6 Å². The monoisotopic (exact) mass is 331 g/mol. The van der Waals surface area contributed by atoms with Gasteiger partial charge in [-0.1, -0.05) is 23.8 Å². The van der Waals surface area contributed by atoms with Crippen LogP contribution in [0.3, 0.4) is 0 Å². The predicted molar refractivity (Wildman–Crippen MR) is 91.7 cm³/mol. The number of benzene rings is 2. The van der Waals surface area contributed by atoms with Gasteiger partial charge in [0.1, 0.15) is 5.82 Å². The molecule has 2 aromatic rings. The zero-order chi connectivity index (χ0) is 17.0. The third-order valence-corrected chi connectivity index (χ3v) is 4.40. The van der Waals surface area contributed by atoms with Gasteiger partial charge in [0.25, 0.3) is 0 Å². The predicted octanol–water partition coefficient (Wildman–Crippen LogP) is 4.38. The van der Waals surface area contributed by atoms with Crippen LogP contribution in [0.4, 0.5) is 10.1 Å². The molecule has 0 unspecified atom stereocenters. The number of anilines is 1. The Labute approximate surface area is 139 Å². The molecule has 0 saturated heterocycles. The van der Waals surface area contributed by atoms with E-state index < -0.39 is 5.82 Å². The average Bonchev–Trinajstić information content (AvgIpc) is 2.48. The van der Waals surface area contributed by atoms with Crippen molar-refractivity contribution in [1.82, 2.24) is 0 Å². The zero-order valence-corrected chi connectivity index (χ0v) is 14.1. The van der Waals surface area contributed by atoms with Crippen molar-refractivity contribution in [3.05, 3.63) is 58.9 Å². The fourth-order valence-corrected chi connectivity index (χ4v) is 2.84. The molecule has 0 aliphatic carbocycles. The van der Waals surface area contributed by atoms with Crippen LogP contribution >= 0.6 is 11.8 Å². The minimum Gasteiger partial charge on any atom is -0.325 e. The number of aryl methyl sites for hydroxylation is 2. The number of carbonyl (C=O) groups excluding carboxylic acids is 2. The third-order valence-electron chi connectivity index (χ3n) is 3.35. The van der Waals surface area contributed by atoms with E-state index in [4.69, 9.17) is 0 Å². The van der Waals surface area contributed by atoms with Crippen LogP contribution in [-0.4, -0.2) is 17.4 Å². The fourth-order valence-electron chi connectivity index (χ4n) is 2.12. The molecule has 0 fully saturated rings. The highest BCUT2D eigenvalue weighted by atomic mass is 32.2. The Kier molecular flexibility index (Phi) is 5.55. The highest BCUT2D eigenvalue weighted by Crippen LogP contribution is 2.23. The summed E-state index contributed by atoms with van der Waals surface area (Å²) in [7, 11) is 0. The van der Waals surface area contributed by atoms with Crippen LogP contribution in [0.5, 0.6) is 0 Å². The van der Waals surface area contributed by atoms with Crippen molar-refractivity contribution >= 4 is 29.1 Å². The normalized spacial score (nSPS) is 10.4.